The highest BCUT2D eigenvalue weighted by molar-refractivity contribution is 8.02. The summed E-state index contributed by atoms with van der Waals surface area (Å²) in [6.07, 6.45) is 5.03. The number of carbonyl (C=O) groups is 3. The summed E-state index contributed by atoms with van der Waals surface area (Å²) >= 11 is 8.20. The molecule has 1 aromatic rings. The molecule has 7 nitrogen and oxygen atoms in total. The van der Waals surface area contributed by atoms with E-state index >= 15 is 0 Å². The third kappa shape index (κ3) is 4.38. The first-order valence-electron chi connectivity index (χ1n) is 13.2. The zero-order valence-corrected chi connectivity index (χ0v) is 23.8. The lowest BCUT2D eigenvalue weighted by molar-refractivity contribution is -0.154. The lowest BCUT2D eigenvalue weighted by Crippen LogP contribution is -2.59. The van der Waals surface area contributed by atoms with Crippen LogP contribution >= 0.6 is 23.4 Å². The van der Waals surface area contributed by atoms with E-state index in [4.69, 9.17) is 16.3 Å². The minimum atomic E-state index is -0.872. The van der Waals surface area contributed by atoms with Gasteiger partial charge in [-0.2, -0.15) is 0 Å². The fourth-order valence-electron chi connectivity index (χ4n) is 6.69. The number of nitrogens with zero attached hydrogens (tertiary/aromatic N) is 2. The average Bonchev–Trinajstić information content (AvgIpc) is 3.48. The van der Waals surface area contributed by atoms with Gasteiger partial charge < -0.3 is 19.6 Å². The molecule has 3 heterocycles. The summed E-state index contributed by atoms with van der Waals surface area (Å²) in [6.45, 7) is 13.5. The molecule has 1 aromatic carbocycles. The number of likely N-dealkylation sites (tertiary alicyclic amines) is 1. The largest absolute Gasteiger partial charge is 0.465 e. The Hall–Kier alpha value is -2.29. The van der Waals surface area contributed by atoms with Crippen molar-refractivity contribution in [2.45, 2.75) is 62.1 Å². The van der Waals surface area contributed by atoms with Gasteiger partial charge >= 0.3 is 5.97 Å². The maximum atomic E-state index is 14.7. The number of aliphatic hydroxyl groups is 1. The number of aliphatic hydroxyl groups excluding tert-OH is 1. The number of anilines is 1. The highest BCUT2D eigenvalue weighted by Gasteiger charge is 2.77. The molecule has 3 unspecified atom stereocenters. The van der Waals surface area contributed by atoms with E-state index in [-0.39, 0.29) is 42.7 Å². The predicted octanol–water partition coefficient (Wildman–Crippen LogP) is 4.39. The van der Waals surface area contributed by atoms with Gasteiger partial charge in [-0.1, -0.05) is 49.7 Å². The third-order valence-corrected chi connectivity index (χ3v) is 10.7. The molecular formula is C29H37ClN2O5S. The minimum absolute atomic E-state index is 0.00301. The summed E-state index contributed by atoms with van der Waals surface area (Å²) in [7, 11) is 0. The van der Waals surface area contributed by atoms with Gasteiger partial charge in [-0.3, -0.25) is 14.4 Å². The summed E-state index contributed by atoms with van der Waals surface area (Å²) in [6, 6.07) is 4.03. The number of ether oxygens (including phenoxy) is 1. The number of rotatable bonds is 11. The highest BCUT2D eigenvalue weighted by Crippen LogP contribution is 2.69. The Morgan fingerprint density at radius 1 is 1.37 bits per heavy atom. The van der Waals surface area contributed by atoms with Crippen LogP contribution in [-0.4, -0.2) is 69.6 Å². The number of halogens is 1. The van der Waals surface area contributed by atoms with Gasteiger partial charge in [0, 0.05) is 11.8 Å². The minimum Gasteiger partial charge on any atom is -0.465 e. The van der Waals surface area contributed by atoms with Crippen molar-refractivity contribution in [3.05, 3.63) is 54.1 Å². The van der Waals surface area contributed by atoms with E-state index in [0.717, 1.165) is 5.56 Å². The van der Waals surface area contributed by atoms with Gasteiger partial charge in [-0.15, -0.1) is 24.9 Å². The van der Waals surface area contributed by atoms with E-state index in [0.29, 0.717) is 30.0 Å². The van der Waals surface area contributed by atoms with Gasteiger partial charge in [0.2, 0.25) is 5.91 Å². The molecule has 3 fully saturated rings. The van der Waals surface area contributed by atoms with Crippen molar-refractivity contribution in [3.8, 4) is 0 Å². The second kappa shape index (κ2) is 11.4. The Balaban J connectivity index is 1.84. The van der Waals surface area contributed by atoms with Crippen LogP contribution in [0.1, 0.15) is 38.7 Å². The van der Waals surface area contributed by atoms with Crippen molar-refractivity contribution in [3.63, 3.8) is 0 Å². The van der Waals surface area contributed by atoms with Crippen LogP contribution in [0.25, 0.3) is 0 Å². The number of benzene rings is 1. The van der Waals surface area contributed by atoms with Crippen LogP contribution in [0, 0.1) is 24.7 Å². The number of aryl methyl sites for hydroxylation is 1. The first kappa shape index (κ1) is 28.7. The molecule has 1 N–H and O–H groups in total. The topological polar surface area (TPSA) is 87.1 Å². The number of para-hydroxylation sites is 1. The van der Waals surface area contributed by atoms with Gasteiger partial charge in [0.1, 0.15) is 6.04 Å². The van der Waals surface area contributed by atoms with Crippen molar-refractivity contribution in [2.24, 2.45) is 17.8 Å². The SMILES string of the molecule is C=CCCOC(=O)[C@@H]1[C@H]2C(=O)N([C@@H](CC)CO)C(C(=O)N(CC=C)c3c(C)cccc3Cl)C23S[C@@H]1CC3C. The molecule has 1 spiro atoms. The number of esters is 1. The van der Waals surface area contributed by atoms with Crippen molar-refractivity contribution < 1.29 is 24.2 Å². The molecule has 38 heavy (non-hydrogen) atoms. The van der Waals surface area contributed by atoms with Gasteiger partial charge in [-0.25, -0.2) is 0 Å². The normalized spacial score (nSPS) is 30.2. The zero-order chi connectivity index (χ0) is 27.8. The summed E-state index contributed by atoms with van der Waals surface area (Å²) in [4.78, 5) is 45.4. The Labute approximate surface area is 234 Å². The van der Waals surface area contributed by atoms with Crippen LogP contribution in [0.5, 0.6) is 0 Å². The molecular weight excluding hydrogens is 524 g/mol. The molecule has 3 aliphatic rings. The smallest absolute Gasteiger partial charge is 0.310 e. The first-order valence-corrected chi connectivity index (χ1v) is 14.5. The van der Waals surface area contributed by atoms with Crippen molar-refractivity contribution in [2.75, 3.05) is 24.7 Å². The molecule has 0 saturated carbocycles. The molecule has 3 aliphatic heterocycles. The van der Waals surface area contributed by atoms with E-state index in [1.807, 2.05) is 26.0 Å². The number of hydrogen-bond donors (Lipinski definition) is 1. The second-order valence-corrected chi connectivity index (χ2v) is 12.4. The van der Waals surface area contributed by atoms with Crippen LogP contribution in [0.2, 0.25) is 5.02 Å². The number of hydrogen-bond acceptors (Lipinski definition) is 6. The Kier molecular flexibility index (Phi) is 8.65. The van der Waals surface area contributed by atoms with Crippen LogP contribution < -0.4 is 4.90 Å². The Morgan fingerprint density at radius 2 is 2.11 bits per heavy atom. The van der Waals surface area contributed by atoms with Crippen LogP contribution in [0.3, 0.4) is 0 Å². The molecule has 0 aromatic heterocycles. The predicted molar refractivity (Wildman–Crippen MR) is 151 cm³/mol. The molecule has 2 bridgehead atoms. The molecule has 3 saturated heterocycles. The Morgan fingerprint density at radius 3 is 2.71 bits per heavy atom. The van der Waals surface area contributed by atoms with E-state index in [9.17, 15) is 19.5 Å². The van der Waals surface area contributed by atoms with Gasteiger partial charge in [-0.05, 0) is 43.7 Å². The van der Waals surface area contributed by atoms with Gasteiger partial charge in [0.15, 0.2) is 0 Å². The highest BCUT2D eigenvalue weighted by atomic mass is 35.5. The van der Waals surface area contributed by atoms with Crippen molar-refractivity contribution in [1.82, 2.24) is 4.90 Å². The number of carbonyl (C=O) groups excluding carboxylic acids is 3. The van der Waals surface area contributed by atoms with Crippen LogP contribution in [0.15, 0.2) is 43.5 Å². The van der Waals surface area contributed by atoms with E-state index in [1.54, 1.807) is 39.8 Å². The quantitative estimate of drug-likeness (QED) is 0.245. The number of thioether (sulfide) groups is 1. The van der Waals surface area contributed by atoms with Gasteiger partial charge in [0.25, 0.3) is 5.91 Å². The second-order valence-electron chi connectivity index (χ2n) is 10.4. The standard InChI is InChI=1S/C29H37ClN2O5S/c1-6-9-14-37-28(36)22-21-15-18(5)29(38-21)23(22)26(34)32(19(8-3)16-33)25(29)27(35)31(13-7-2)24-17(4)11-10-12-20(24)30/h6-7,10-12,18-19,21-23,25,33H,1-2,8-9,13-16H2,3-5H3/t18?,19-,21+,22-,23-,25?,29?/m0/s1. The molecule has 9 heteroatoms. The van der Waals surface area contributed by atoms with E-state index in [2.05, 4.69) is 20.1 Å². The summed E-state index contributed by atoms with van der Waals surface area (Å²) < 4.78 is 4.75. The average molecular weight is 561 g/mol. The molecule has 0 radical (unpaired) electrons. The molecule has 4 rings (SSSR count). The van der Waals surface area contributed by atoms with Crippen molar-refractivity contribution in [1.29, 1.82) is 0 Å². The molecule has 7 atom stereocenters. The van der Waals surface area contributed by atoms with E-state index in [1.165, 1.54) is 0 Å². The lowest BCUT2D eigenvalue weighted by atomic mass is 9.66. The molecule has 0 aliphatic carbocycles. The lowest BCUT2D eigenvalue weighted by Gasteiger charge is -2.42. The van der Waals surface area contributed by atoms with Crippen LogP contribution in [0.4, 0.5) is 5.69 Å². The fraction of sp³-hybridized carbons (Fsp3) is 0.552. The molecule has 2 amide bonds. The summed E-state index contributed by atoms with van der Waals surface area (Å²) in [5.74, 6) is -2.27. The third-order valence-electron chi connectivity index (χ3n) is 8.37. The van der Waals surface area contributed by atoms with Gasteiger partial charge in [0.05, 0.1) is 46.5 Å². The number of fused-ring (bicyclic) bond motifs is 1. The number of amides is 2. The van der Waals surface area contributed by atoms with Crippen molar-refractivity contribution >= 4 is 46.8 Å². The summed E-state index contributed by atoms with van der Waals surface area (Å²) in [5.41, 5.74) is 1.40. The zero-order valence-electron chi connectivity index (χ0n) is 22.3. The van der Waals surface area contributed by atoms with E-state index < -0.39 is 34.6 Å². The maximum Gasteiger partial charge on any atom is 0.310 e. The summed E-state index contributed by atoms with van der Waals surface area (Å²) in [5, 5.41) is 10.6. The maximum absolute atomic E-state index is 14.7. The van der Waals surface area contributed by atoms with Crippen LogP contribution in [-0.2, 0) is 19.1 Å². The Bertz CT molecular complexity index is 1100. The molecule has 206 valence electrons. The fourth-order valence-corrected chi connectivity index (χ4v) is 9.40. The monoisotopic (exact) mass is 560 g/mol. The first-order chi connectivity index (χ1) is 18.2.